The Morgan fingerprint density at radius 2 is 1.67 bits per heavy atom. The fourth-order valence-electron chi connectivity index (χ4n) is 5.51. The summed E-state index contributed by atoms with van der Waals surface area (Å²) in [6.45, 7) is 5.88. The Balaban J connectivity index is 1.41. The summed E-state index contributed by atoms with van der Waals surface area (Å²) >= 11 is 1.52. The third-order valence-electron chi connectivity index (χ3n) is 7.32. The van der Waals surface area contributed by atoms with E-state index in [2.05, 4.69) is 27.0 Å². The summed E-state index contributed by atoms with van der Waals surface area (Å²) in [5.74, 6) is 1.35. The van der Waals surface area contributed by atoms with E-state index in [1.807, 2.05) is 6.92 Å². The Kier molecular flexibility index (Phi) is 6.96. The van der Waals surface area contributed by atoms with Crippen LogP contribution in [0, 0.1) is 18.8 Å². The van der Waals surface area contributed by atoms with Crippen molar-refractivity contribution in [1.82, 2.24) is 14.8 Å². The number of hydrogen-bond acceptors (Lipinski definition) is 4. The number of aromatic nitrogens is 1. The molecule has 30 heavy (non-hydrogen) atoms. The molecule has 1 aromatic heterocycles. The standard InChI is InChI=1S/C23H36N4O2S/c1-16-7-9-19(10-8-16)27(23(29)25-22-24-15-17(2)30-22)20-11-13-26(14-12-20)21(28)18-5-3-4-6-18/h15-16,18-20H,3-14H2,1-2H3,(H,24,25,29)/t16-,19-. The first-order chi connectivity index (χ1) is 14.5. The van der Waals surface area contributed by atoms with Gasteiger partial charge in [-0.05, 0) is 64.2 Å². The predicted octanol–water partition coefficient (Wildman–Crippen LogP) is 5.05. The number of anilines is 1. The van der Waals surface area contributed by atoms with E-state index in [9.17, 15) is 9.59 Å². The molecule has 4 rings (SSSR count). The number of carbonyl (C=O) groups is 2. The lowest BCUT2D eigenvalue weighted by molar-refractivity contribution is -0.136. The van der Waals surface area contributed by atoms with Crippen molar-refractivity contribution in [2.75, 3.05) is 18.4 Å². The normalized spacial score (nSPS) is 26.0. The van der Waals surface area contributed by atoms with Crippen molar-refractivity contribution in [2.45, 2.75) is 90.1 Å². The van der Waals surface area contributed by atoms with Crippen LogP contribution in [0.2, 0.25) is 0 Å². The second-order valence-electron chi connectivity index (χ2n) is 9.57. The Morgan fingerprint density at radius 3 is 2.27 bits per heavy atom. The molecule has 0 bridgehead atoms. The lowest BCUT2D eigenvalue weighted by atomic mass is 9.85. The molecule has 3 fully saturated rings. The second kappa shape index (κ2) is 9.67. The first-order valence-electron chi connectivity index (χ1n) is 11.8. The zero-order valence-electron chi connectivity index (χ0n) is 18.4. The Labute approximate surface area is 184 Å². The highest BCUT2D eigenvalue weighted by atomic mass is 32.1. The predicted molar refractivity (Wildman–Crippen MR) is 121 cm³/mol. The van der Waals surface area contributed by atoms with Crippen molar-refractivity contribution < 1.29 is 9.59 Å². The highest BCUT2D eigenvalue weighted by molar-refractivity contribution is 7.15. The van der Waals surface area contributed by atoms with Gasteiger partial charge in [0.15, 0.2) is 5.13 Å². The summed E-state index contributed by atoms with van der Waals surface area (Å²) in [5, 5.41) is 3.74. The first-order valence-corrected chi connectivity index (χ1v) is 12.6. The van der Waals surface area contributed by atoms with Crippen LogP contribution in [0.4, 0.5) is 9.93 Å². The van der Waals surface area contributed by atoms with Crippen LogP contribution in [0.3, 0.4) is 0 Å². The van der Waals surface area contributed by atoms with Gasteiger partial charge in [-0.15, -0.1) is 11.3 Å². The van der Waals surface area contributed by atoms with Crippen molar-refractivity contribution in [3.05, 3.63) is 11.1 Å². The highest BCUT2D eigenvalue weighted by Crippen LogP contribution is 2.33. The van der Waals surface area contributed by atoms with Gasteiger partial charge in [0.25, 0.3) is 0 Å². The maximum absolute atomic E-state index is 13.3. The van der Waals surface area contributed by atoms with Crippen LogP contribution in [-0.2, 0) is 4.79 Å². The van der Waals surface area contributed by atoms with Crippen LogP contribution in [-0.4, -0.2) is 51.9 Å². The number of amides is 3. The van der Waals surface area contributed by atoms with E-state index in [0.717, 1.165) is 62.4 Å². The molecule has 1 N–H and O–H groups in total. The number of likely N-dealkylation sites (tertiary alicyclic amines) is 1. The van der Waals surface area contributed by atoms with Crippen LogP contribution in [0.5, 0.6) is 0 Å². The summed E-state index contributed by atoms with van der Waals surface area (Å²) in [7, 11) is 0. The van der Waals surface area contributed by atoms with Crippen molar-refractivity contribution in [1.29, 1.82) is 0 Å². The SMILES string of the molecule is Cc1cnc(NC(=O)N(C2CCN(C(=O)C3CCCC3)CC2)[C@H]2CC[C@H](C)CC2)s1. The monoisotopic (exact) mass is 432 g/mol. The number of thiazole rings is 1. The summed E-state index contributed by atoms with van der Waals surface area (Å²) in [4.78, 5) is 35.8. The average Bonchev–Trinajstić information content (AvgIpc) is 3.42. The molecule has 166 valence electrons. The number of aryl methyl sites for hydroxylation is 1. The molecule has 6 nitrogen and oxygen atoms in total. The van der Waals surface area contributed by atoms with Crippen LogP contribution in [0.25, 0.3) is 0 Å². The molecule has 0 spiro atoms. The van der Waals surface area contributed by atoms with Gasteiger partial charge in [0, 0.05) is 42.2 Å². The highest BCUT2D eigenvalue weighted by Gasteiger charge is 2.37. The fraction of sp³-hybridized carbons (Fsp3) is 0.783. The Hall–Kier alpha value is -1.63. The Morgan fingerprint density at radius 1 is 1.03 bits per heavy atom. The first kappa shape index (κ1) is 21.6. The van der Waals surface area contributed by atoms with Gasteiger partial charge in [0.2, 0.25) is 5.91 Å². The molecule has 7 heteroatoms. The number of rotatable bonds is 4. The number of carbonyl (C=O) groups excluding carboxylic acids is 2. The van der Waals surface area contributed by atoms with E-state index < -0.39 is 0 Å². The van der Waals surface area contributed by atoms with Gasteiger partial charge in [-0.3, -0.25) is 10.1 Å². The fourth-order valence-corrected chi connectivity index (χ4v) is 6.17. The van der Waals surface area contributed by atoms with Gasteiger partial charge in [0.05, 0.1) is 0 Å². The number of hydrogen-bond donors (Lipinski definition) is 1. The lowest BCUT2D eigenvalue weighted by Crippen LogP contribution is -2.54. The molecule has 0 unspecified atom stereocenters. The molecule has 0 radical (unpaired) electrons. The maximum Gasteiger partial charge on any atom is 0.324 e. The van der Waals surface area contributed by atoms with Gasteiger partial charge < -0.3 is 9.80 Å². The molecule has 2 heterocycles. The molecular formula is C23H36N4O2S. The zero-order valence-corrected chi connectivity index (χ0v) is 19.3. The quantitative estimate of drug-likeness (QED) is 0.724. The van der Waals surface area contributed by atoms with Crippen molar-refractivity contribution in [3.8, 4) is 0 Å². The minimum absolute atomic E-state index is 0.00975. The molecule has 1 saturated heterocycles. The smallest absolute Gasteiger partial charge is 0.324 e. The number of nitrogens with one attached hydrogen (secondary N) is 1. The summed E-state index contributed by atoms with van der Waals surface area (Å²) < 4.78 is 0. The largest absolute Gasteiger partial charge is 0.342 e. The average molecular weight is 433 g/mol. The molecule has 0 aromatic carbocycles. The minimum atomic E-state index is -0.00975. The molecular weight excluding hydrogens is 396 g/mol. The second-order valence-corrected chi connectivity index (χ2v) is 10.8. The van der Waals surface area contributed by atoms with Crippen LogP contribution in [0.15, 0.2) is 6.20 Å². The minimum Gasteiger partial charge on any atom is -0.342 e. The third kappa shape index (κ3) is 4.98. The van der Waals surface area contributed by atoms with E-state index in [0.29, 0.717) is 17.1 Å². The summed E-state index contributed by atoms with van der Waals surface area (Å²) in [6, 6.07) is 0.492. The third-order valence-corrected chi connectivity index (χ3v) is 8.15. The van der Waals surface area contributed by atoms with Gasteiger partial charge >= 0.3 is 6.03 Å². The van der Waals surface area contributed by atoms with E-state index in [1.54, 1.807) is 6.20 Å². The molecule has 2 aliphatic carbocycles. The van der Waals surface area contributed by atoms with Crippen LogP contribution in [0.1, 0.15) is 76.0 Å². The number of piperidine rings is 1. The molecule has 1 aromatic rings. The van der Waals surface area contributed by atoms with E-state index in [-0.39, 0.29) is 18.0 Å². The molecule has 0 atom stereocenters. The topological polar surface area (TPSA) is 65.5 Å². The van der Waals surface area contributed by atoms with Gasteiger partial charge in [0.1, 0.15) is 0 Å². The van der Waals surface area contributed by atoms with Crippen LogP contribution < -0.4 is 5.32 Å². The summed E-state index contributed by atoms with van der Waals surface area (Å²) in [5.41, 5.74) is 0. The van der Waals surface area contributed by atoms with Crippen molar-refractivity contribution in [2.24, 2.45) is 11.8 Å². The van der Waals surface area contributed by atoms with E-state index >= 15 is 0 Å². The molecule has 3 aliphatic rings. The van der Waals surface area contributed by atoms with Gasteiger partial charge in [-0.2, -0.15) is 0 Å². The zero-order chi connectivity index (χ0) is 21.1. The Bertz CT molecular complexity index is 729. The molecule has 1 aliphatic heterocycles. The van der Waals surface area contributed by atoms with Gasteiger partial charge in [-0.25, -0.2) is 9.78 Å². The maximum atomic E-state index is 13.3. The van der Waals surface area contributed by atoms with Crippen molar-refractivity contribution in [3.63, 3.8) is 0 Å². The lowest BCUT2D eigenvalue weighted by Gasteiger charge is -2.44. The molecule has 3 amide bonds. The number of urea groups is 1. The van der Waals surface area contributed by atoms with Crippen LogP contribution >= 0.6 is 11.3 Å². The van der Waals surface area contributed by atoms with Crippen molar-refractivity contribution >= 4 is 28.4 Å². The van der Waals surface area contributed by atoms with E-state index in [4.69, 9.17) is 0 Å². The van der Waals surface area contributed by atoms with Gasteiger partial charge in [-0.1, -0.05) is 19.8 Å². The molecule has 2 saturated carbocycles. The number of nitrogens with zero attached hydrogens (tertiary/aromatic N) is 3. The van der Waals surface area contributed by atoms with E-state index in [1.165, 1.54) is 37.0 Å². The summed E-state index contributed by atoms with van der Waals surface area (Å²) in [6.07, 6.45) is 12.6.